The van der Waals surface area contributed by atoms with Crippen LogP contribution in [-0.4, -0.2) is 10.9 Å². The average Bonchev–Trinajstić information content (AvgIpc) is 2.87. The lowest BCUT2D eigenvalue weighted by Gasteiger charge is -2.06. The number of anilines is 1. The molecule has 1 amide bonds. The van der Waals surface area contributed by atoms with E-state index in [4.69, 9.17) is 5.73 Å². The topological polar surface area (TPSA) is 68.0 Å². The van der Waals surface area contributed by atoms with Gasteiger partial charge in [0, 0.05) is 17.0 Å². The summed E-state index contributed by atoms with van der Waals surface area (Å²) in [6.07, 6.45) is 0. The molecule has 5 heteroatoms. The van der Waals surface area contributed by atoms with Crippen molar-refractivity contribution < 1.29 is 4.79 Å². The highest BCUT2D eigenvalue weighted by Crippen LogP contribution is 2.20. The number of nitrogens with two attached hydrogens (primary N) is 1. The van der Waals surface area contributed by atoms with E-state index >= 15 is 0 Å². The molecule has 1 heterocycles. The van der Waals surface area contributed by atoms with Crippen LogP contribution >= 0.6 is 11.3 Å². The zero-order valence-electron chi connectivity index (χ0n) is 11.9. The smallest absolute Gasteiger partial charge is 0.257 e. The maximum absolute atomic E-state index is 12.1. The van der Waals surface area contributed by atoms with Crippen LogP contribution in [0, 0.1) is 0 Å². The Morgan fingerprint density at radius 2 is 1.90 bits per heavy atom. The number of nitrogens with one attached hydrogen (secondary N) is 1. The van der Waals surface area contributed by atoms with Crippen molar-refractivity contribution in [1.29, 1.82) is 0 Å². The van der Waals surface area contributed by atoms with Gasteiger partial charge in [-0.2, -0.15) is 0 Å². The van der Waals surface area contributed by atoms with Crippen LogP contribution in [0.1, 0.15) is 54.3 Å². The number of carbonyl (C=O) groups excluding carboxylic acids is 1. The number of hydrogen-bond donors (Lipinski definition) is 2. The number of thiazole rings is 1. The van der Waals surface area contributed by atoms with Crippen LogP contribution in [0.3, 0.4) is 0 Å². The maximum atomic E-state index is 12.1. The molecule has 3 N–H and O–H groups in total. The van der Waals surface area contributed by atoms with Crippen LogP contribution in [0.2, 0.25) is 0 Å². The number of rotatable bonds is 4. The highest BCUT2D eigenvalue weighted by molar-refractivity contribution is 7.14. The number of nitrogens with zero attached hydrogens (tertiary/aromatic N) is 1. The van der Waals surface area contributed by atoms with E-state index in [-0.39, 0.29) is 11.9 Å². The predicted molar refractivity (Wildman–Crippen MR) is 83.2 cm³/mol. The van der Waals surface area contributed by atoms with E-state index in [0.717, 1.165) is 5.69 Å². The van der Waals surface area contributed by atoms with Crippen LogP contribution in [0.4, 0.5) is 5.13 Å². The first kappa shape index (κ1) is 14.7. The summed E-state index contributed by atoms with van der Waals surface area (Å²) >= 11 is 1.39. The van der Waals surface area contributed by atoms with E-state index in [1.54, 1.807) is 0 Å². The molecule has 2 aromatic rings. The van der Waals surface area contributed by atoms with Gasteiger partial charge in [0.15, 0.2) is 5.13 Å². The van der Waals surface area contributed by atoms with E-state index in [2.05, 4.69) is 24.1 Å². The normalized spacial score (nSPS) is 12.4. The van der Waals surface area contributed by atoms with Gasteiger partial charge in [-0.3, -0.25) is 10.1 Å². The maximum Gasteiger partial charge on any atom is 0.257 e. The molecular formula is C15H19N3OS. The Morgan fingerprint density at radius 1 is 1.25 bits per heavy atom. The second-order valence-corrected chi connectivity index (χ2v) is 5.96. The first-order chi connectivity index (χ1) is 9.47. The van der Waals surface area contributed by atoms with Gasteiger partial charge in [-0.25, -0.2) is 4.98 Å². The highest BCUT2D eigenvalue weighted by atomic mass is 32.1. The molecule has 20 heavy (non-hydrogen) atoms. The third kappa shape index (κ3) is 3.43. The van der Waals surface area contributed by atoms with Crippen LogP contribution in [0.5, 0.6) is 0 Å². The molecule has 1 unspecified atom stereocenters. The van der Waals surface area contributed by atoms with Crippen LogP contribution in [0.25, 0.3) is 0 Å². The summed E-state index contributed by atoms with van der Waals surface area (Å²) in [5.41, 5.74) is 8.39. The van der Waals surface area contributed by atoms with Crippen LogP contribution < -0.4 is 11.1 Å². The van der Waals surface area contributed by atoms with Gasteiger partial charge in [-0.1, -0.05) is 26.0 Å². The molecule has 0 aliphatic carbocycles. The van der Waals surface area contributed by atoms with Crippen molar-refractivity contribution in [1.82, 2.24) is 4.98 Å². The number of carbonyl (C=O) groups is 1. The predicted octanol–water partition coefficient (Wildman–Crippen LogP) is 3.54. The summed E-state index contributed by atoms with van der Waals surface area (Å²) < 4.78 is 0. The molecular weight excluding hydrogens is 270 g/mol. The lowest BCUT2D eigenvalue weighted by Crippen LogP contribution is -2.12. The summed E-state index contributed by atoms with van der Waals surface area (Å²) in [4.78, 5) is 16.4. The van der Waals surface area contributed by atoms with Gasteiger partial charge >= 0.3 is 0 Å². The standard InChI is InChI=1S/C15H19N3OS/c1-9(2)11-4-6-12(7-5-11)14(19)18-15-17-13(8-20-15)10(3)16/h4-10H,16H2,1-3H3,(H,17,18,19). The molecule has 1 aromatic carbocycles. The van der Waals surface area contributed by atoms with E-state index in [1.165, 1.54) is 16.9 Å². The molecule has 0 radical (unpaired) electrons. The minimum absolute atomic E-state index is 0.123. The monoisotopic (exact) mass is 289 g/mol. The summed E-state index contributed by atoms with van der Waals surface area (Å²) in [6, 6.07) is 7.52. The van der Waals surface area contributed by atoms with E-state index in [9.17, 15) is 4.79 Å². The summed E-state index contributed by atoms with van der Waals surface area (Å²) in [5, 5.41) is 5.24. The van der Waals surface area contributed by atoms with E-state index in [1.807, 2.05) is 36.6 Å². The summed E-state index contributed by atoms with van der Waals surface area (Å²) in [6.45, 7) is 6.12. The van der Waals surface area contributed by atoms with E-state index < -0.39 is 0 Å². The zero-order valence-corrected chi connectivity index (χ0v) is 12.7. The molecule has 0 fully saturated rings. The fourth-order valence-corrected chi connectivity index (χ4v) is 2.55. The second kappa shape index (κ2) is 6.15. The van der Waals surface area contributed by atoms with Gasteiger partial charge in [0.1, 0.15) is 0 Å². The van der Waals surface area contributed by atoms with Crippen molar-refractivity contribution in [2.75, 3.05) is 5.32 Å². The third-order valence-electron chi connectivity index (χ3n) is 3.05. The Kier molecular flexibility index (Phi) is 4.52. The second-order valence-electron chi connectivity index (χ2n) is 5.10. The van der Waals surface area contributed by atoms with Crippen molar-refractivity contribution in [3.63, 3.8) is 0 Å². The van der Waals surface area contributed by atoms with Gasteiger partial charge in [-0.15, -0.1) is 11.3 Å². The molecule has 4 nitrogen and oxygen atoms in total. The van der Waals surface area contributed by atoms with Gasteiger partial charge < -0.3 is 5.73 Å². The van der Waals surface area contributed by atoms with Gasteiger partial charge in [0.2, 0.25) is 0 Å². The number of benzene rings is 1. The quantitative estimate of drug-likeness (QED) is 0.904. The Morgan fingerprint density at radius 3 is 2.40 bits per heavy atom. The Hall–Kier alpha value is -1.72. The molecule has 1 atom stereocenters. The first-order valence-corrected chi connectivity index (χ1v) is 7.47. The number of hydrogen-bond acceptors (Lipinski definition) is 4. The Balaban J connectivity index is 2.07. The van der Waals surface area contributed by atoms with E-state index in [0.29, 0.717) is 16.6 Å². The zero-order chi connectivity index (χ0) is 14.7. The molecule has 1 aromatic heterocycles. The Bertz CT molecular complexity index is 587. The van der Waals surface area contributed by atoms with Crippen molar-refractivity contribution >= 4 is 22.4 Å². The molecule has 106 valence electrons. The SMILES string of the molecule is CC(C)c1ccc(C(=O)Nc2nc(C(C)N)cs2)cc1. The third-order valence-corrected chi connectivity index (χ3v) is 3.82. The van der Waals surface area contributed by atoms with Gasteiger partial charge in [-0.05, 0) is 30.5 Å². The fourth-order valence-electron chi connectivity index (χ4n) is 1.74. The number of amides is 1. The van der Waals surface area contributed by atoms with Crippen molar-refractivity contribution in [3.8, 4) is 0 Å². The lowest BCUT2D eigenvalue weighted by atomic mass is 10.0. The molecule has 2 rings (SSSR count). The van der Waals surface area contributed by atoms with Crippen LogP contribution in [0.15, 0.2) is 29.6 Å². The molecule has 0 saturated heterocycles. The van der Waals surface area contributed by atoms with Gasteiger partial charge in [0.05, 0.1) is 5.69 Å². The minimum atomic E-state index is -0.147. The van der Waals surface area contributed by atoms with Gasteiger partial charge in [0.25, 0.3) is 5.91 Å². The molecule has 0 saturated carbocycles. The first-order valence-electron chi connectivity index (χ1n) is 6.59. The van der Waals surface area contributed by atoms with Crippen molar-refractivity contribution in [2.24, 2.45) is 5.73 Å². The largest absolute Gasteiger partial charge is 0.323 e. The number of aromatic nitrogens is 1. The summed E-state index contributed by atoms with van der Waals surface area (Å²) in [5.74, 6) is 0.311. The highest BCUT2D eigenvalue weighted by Gasteiger charge is 2.11. The summed E-state index contributed by atoms with van der Waals surface area (Å²) in [7, 11) is 0. The Labute approximate surface area is 123 Å². The minimum Gasteiger partial charge on any atom is -0.323 e. The van der Waals surface area contributed by atoms with Crippen molar-refractivity contribution in [2.45, 2.75) is 32.7 Å². The molecule has 0 bridgehead atoms. The molecule has 0 spiro atoms. The molecule has 0 aliphatic heterocycles. The lowest BCUT2D eigenvalue weighted by molar-refractivity contribution is 0.102. The average molecular weight is 289 g/mol. The van der Waals surface area contributed by atoms with Crippen LogP contribution in [-0.2, 0) is 0 Å². The van der Waals surface area contributed by atoms with Crippen molar-refractivity contribution in [3.05, 3.63) is 46.5 Å². The molecule has 0 aliphatic rings. The fraction of sp³-hybridized carbons (Fsp3) is 0.333.